The van der Waals surface area contributed by atoms with Gasteiger partial charge in [-0.1, -0.05) is 0 Å². The number of hydrogen-bond acceptors (Lipinski definition) is 2. The average molecular weight is 551 g/mol. The maximum absolute atomic E-state index is 8.23. The van der Waals surface area contributed by atoms with Crippen molar-refractivity contribution >= 4 is 0 Å². The fourth-order valence-electron chi connectivity index (χ4n) is 0.223. The van der Waals surface area contributed by atoms with Crippen molar-refractivity contribution in [2.45, 2.75) is 12.7 Å². The molecular formula is C37H74O2. The van der Waals surface area contributed by atoms with Gasteiger partial charge in [0.05, 0.1) is 6.61 Å². The van der Waals surface area contributed by atoms with Crippen molar-refractivity contribution in [1.29, 1.82) is 0 Å². The third-order valence-electron chi connectivity index (χ3n) is 0.675. The van der Waals surface area contributed by atoms with Gasteiger partial charge in [0.2, 0.25) is 0 Å². The molecule has 0 aromatic carbocycles. The van der Waals surface area contributed by atoms with E-state index in [1.807, 2.05) is 0 Å². The molecule has 0 aromatic rings. The Morgan fingerprint density at radius 1 is 0.282 bits per heavy atom. The Hall–Kier alpha value is -4.50. The summed E-state index contributed by atoms with van der Waals surface area (Å²) in [5.41, 5.74) is 0. The zero-order valence-corrected chi connectivity index (χ0v) is 26.9. The third kappa shape index (κ3) is 14800. The van der Waals surface area contributed by atoms with Crippen molar-refractivity contribution in [3.8, 4) is 0 Å². The third-order valence-corrected chi connectivity index (χ3v) is 0.675. The van der Waals surface area contributed by atoms with E-state index in [-0.39, 0.29) is 0 Å². The molecular weight excluding hydrogens is 476 g/mol. The van der Waals surface area contributed by atoms with Crippen LogP contribution in [-0.4, -0.2) is 18.0 Å². The van der Waals surface area contributed by atoms with Crippen LogP contribution in [-0.2, 0) is 4.74 Å². The van der Waals surface area contributed by atoms with Gasteiger partial charge in [-0.2, -0.15) is 0 Å². The second-order valence-corrected chi connectivity index (χ2v) is 1.11. The number of hydrogen-bond donors (Lipinski definition) is 1. The lowest BCUT2D eigenvalue weighted by Crippen LogP contribution is -2.25. The smallest absolute Gasteiger partial charge is 0.156 e. The van der Waals surface area contributed by atoms with Gasteiger partial charge in [-0.05, 0) is 0 Å². The summed E-state index contributed by atoms with van der Waals surface area (Å²) in [6, 6.07) is 0. The van der Waals surface area contributed by atoms with Crippen molar-refractivity contribution in [2.75, 3.05) is 6.61 Å². The molecule has 0 aliphatic carbocycles. The van der Waals surface area contributed by atoms with Gasteiger partial charge in [-0.3, -0.25) is 0 Å². The Labute approximate surface area is 252 Å². The fourth-order valence-corrected chi connectivity index (χ4v) is 0.223. The normalized spacial score (nSPS) is 6.44. The monoisotopic (exact) mass is 551 g/mol. The van der Waals surface area contributed by atoms with E-state index in [1.54, 1.807) is 0 Å². The van der Waals surface area contributed by atoms with E-state index in [0.29, 0.717) is 0 Å². The highest BCUT2D eigenvalue weighted by Crippen LogP contribution is 2.04. The summed E-state index contributed by atoms with van der Waals surface area (Å²) in [4.78, 5) is 0. The molecule has 1 saturated heterocycles. The van der Waals surface area contributed by atoms with Gasteiger partial charge in [0.1, 0.15) is 0 Å². The molecule has 1 unspecified atom stereocenters. The van der Waals surface area contributed by atoms with Crippen LogP contribution in [0, 0.1) is 0 Å². The summed E-state index contributed by atoms with van der Waals surface area (Å²) in [5.74, 6) is 0. The summed E-state index contributed by atoms with van der Waals surface area (Å²) >= 11 is 0. The average Bonchev–Trinajstić information content (AvgIpc) is 3.15. The fraction of sp³-hybridized carbons (Fsp3) is 0.0811. The van der Waals surface area contributed by atoms with Crippen LogP contribution < -0.4 is 0 Å². The van der Waals surface area contributed by atoms with Crippen molar-refractivity contribution < 1.29 is 9.84 Å². The Kier molecular flexibility index (Phi) is 51000. The summed E-state index contributed by atoms with van der Waals surface area (Å²) in [5, 5.41) is 8.23. The van der Waals surface area contributed by atoms with Gasteiger partial charge in [0, 0.05) is 6.42 Å². The van der Waals surface area contributed by atoms with Crippen molar-refractivity contribution in [3.63, 3.8) is 0 Å². The van der Waals surface area contributed by atoms with Crippen LogP contribution in [0.15, 0.2) is 224 Å². The number of rotatable bonds is 0. The second kappa shape index (κ2) is 15700. The number of ether oxygens (including phenoxy) is 1. The molecule has 2 nitrogen and oxygen atoms in total. The summed E-state index contributed by atoms with van der Waals surface area (Å²) < 4.78 is 4.49. The Morgan fingerprint density at radius 3 is 0.333 bits per heavy atom. The predicted octanol–water partition coefficient (Wildman–Crippen LogP) is 13.4. The van der Waals surface area contributed by atoms with Crippen LogP contribution in [0.3, 0.4) is 0 Å². The van der Waals surface area contributed by atoms with Crippen molar-refractivity contribution in [3.05, 3.63) is 224 Å². The molecule has 1 aliphatic heterocycles. The molecule has 2 heteroatoms. The standard InChI is InChI=1S/C3H6O2.17C2H4/c4-3-1-2-5-3;17*1-2/h3-4H,1-2H2;17*1-2H2. The lowest BCUT2D eigenvalue weighted by molar-refractivity contribution is -0.182. The number of aliphatic hydroxyl groups excluding tert-OH is 1. The van der Waals surface area contributed by atoms with Gasteiger partial charge in [0.25, 0.3) is 0 Å². The zero-order valence-electron chi connectivity index (χ0n) is 26.9. The maximum atomic E-state index is 8.23. The molecule has 39 heavy (non-hydrogen) atoms. The Morgan fingerprint density at radius 2 is 0.333 bits per heavy atom. The Bertz CT molecular complexity index is 146. The van der Waals surface area contributed by atoms with Gasteiger partial charge in [0.15, 0.2) is 6.29 Å². The molecule has 1 fully saturated rings. The van der Waals surface area contributed by atoms with E-state index in [4.69, 9.17) is 5.11 Å². The molecule has 1 heterocycles. The van der Waals surface area contributed by atoms with E-state index in [0.717, 1.165) is 13.0 Å². The first-order chi connectivity index (χ1) is 19.4. The van der Waals surface area contributed by atoms with E-state index in [9.17, 15) is 0 Å². The first-order valence-corrected chi connectivity index (χ1v) is 10.2. The minimum Gasteiger partial charge on any atom is -0.368 e. The molecule has 0 spiro atoms. The van der Waals surface area contributed by atoms with Crippen LogP contribution in [0.1, 0.15) is 6.42 Å². The predicted molar refractivity (Wildman–Crippen MR) is 208 cm³/mol. The minimum absolute atomic E-state index is 0.435. The van der Waals surface area contributed by atoms with Gasteiger partial charge in [-0.15, -0.1) is 224 Å². The van der Waals surface area contributed by atoms with Crippen LogP contribution in [0.4, 0.5) is 0 Å². The lowest BCUT2D eigenvalue weighted by Gasteiger charge is -2.19. The van der Waals surface area contributed by atoms with Crippen molar-refractivity contribution in [2.24, 2.45) is 0 Å². The first-order valence-electron chi connectivity index (χ1n) is 10.2. The summed E-state index contributed by atoms with van der Waals surface area (Å²) in [6.07, 6.45) is 0.384. The zero-order chi connectivity index (χ0) is 37.7. The van der Waals surface area contributed by atoms with Crippen molar-refractivity contribution in [1.82, 2.24) is 0 Å². The molecule has 1 atom stereocenters. The summed E-state index contributed by atoms with van der Waals surface area (Å²) in [7, 11) is 0. The van der Waals surface area contributed by atoms with Crippen LogP contribution in [0.2, 0.25) is 0 Å². The van der Waals surface area contributed by atoms with E-state index in [1.165, 1.54) is 0 Å². The summed E-state index contributed by atoms with van der Waals surface area (Å²) in [6.45, 7) is 103. The van der Waals surface area contributed by atoms with E-state index < -0.39 is 6.29 Å². The van der Waals surface area contributed by atoms with Gasteiger partial charge >= 0.3 is 0 Å². The van der Waals surface area contributed by atoms with Crippen LogP contribution >= 0.6 is 0 Å². The minimum atomic E-state index is -0.435. The SMILES string of the molecule is C=C.C=C.C=C.C=C.C=C.C=C.C=C.C=C.C=C.C=C.C=C.C=C.C=C.C=C.C=C.C=C.C=C.OC1CCO1. The molecule has 1 rings (SSSR count). The highest BCUT2D eigenvalue weighted by atomic mass is 16.6. The quantitative estimate of drug-likeness (QED) is 0.304. The van der Waals surface area contributed by atoms with Crippen LogP contribution in [0.5, 0.6) is 0 Å². The molecule has 0 radical (unpaired) electrons. The highest BCUT2D eigenvalue weighted by molar-refractivity contribution is 4.49. The molecule has 0 bridgehead atoms. The van der Waals surface area contributed by atoms with Gasteiger partial charge in [-0.25, -0.2) is 0 Å². The molecule has 1 N–H and O–H groups in total. The van der Waals surface area contributed by atoms with E-state index >= 15 is 0 Å². The van der Waals surface area contributed by atoms with Crippen LogP contribution in [0.25, 0.3) is 0 Å². The topological polar surface area (TPSA) is 29.5 Å². The molecule has 0 aromatic heterocycles. The molecule has 0 saturated carbocycles. The Balaban J connectivity index is -0.00000000890. The van der Waals surface area contributed by atoms with Gasteiger partial charge < -0.3 is 9.84 Å². The lowest BCUT2D eigenvalue weighted by atomic mass is 10.4. The second-order valence-electron chi connectivity index (χ2n) is 1.11. The van der Waals surface area contributed by atoms with E-state index in [2.05, 4.69) is 228 Å². The number of aliphatic hydroxyl groups is 1. The highest BCUT2D eigenvalue weighted by Gasteiger charge is 2.11. The molecule has 0 amide bonds. The molecule has 234 valence electrons. The molecule has 1 aliphatic rings. The first kappa shape index (κ1) is 126. The largest absolute Gasteiger partial charge is 0.368 e. The maximum Gasteiger partial charge on any atom is 0.156 e.